The molecule has 0 fully saturated rings. The van der Waals surface area contributed by atoms with Crippen molar-refractivity contribution in [3.8, 4) is 16.9 Å². The van der Waals surface area contributed by atoms with E-state index in [-0.39, 0.29) is 22.9 Å². The number of hydrogen-bond acceptors (Lipinski definition) is 6. The van der Waals surface area contributed by atoms with Crippen LogP contribution in [0.15, 0.2) is 64.7 Å². The summed E-state index contributed by atoms with van der Waals surface area (Å²) in [6.07, 6.45) is 1.26. The summed E-state index contributed by atoms with van der Waals surface area (Å²) in [5.41, 5.74) is 6.31. The molecule has 180 valence electrons. The molecule has 2 aromatic carbocycles. The average molecular weight is 483 g/mol. The lowest BCUT2D eigenvalue weighted by molar-refractivity contribution is -0.00437. The van der Waals surface area contributed by atoms with Gasteiger partial charge in [-0.1, -0.05) is 12.1 Å². The second-order valence-electron chi connectivity index (χ2n) is 8.48. The number of benzene rings is 2. The highest BCUT2D eigenvalue weighted by Gasteiger charge is 2.53. The van der Waals surface area contributed by atoms with Crippen LogP contribution in [0.1, 0.15) is 16.7 Å². The maximum atomic E-state index is 14.9. The summed E-state index contributed by atoms with van der Waals surface area (Å²) in [5.74, 6) is -3.95. The lowest BCUT2D eigenvalue weighted by atomic mass is 9.80. The van der Waals surface area contributed by atoms with Crippen molar-refractivity contribution in [2.45, 2.75) is 18.4 Å². The van der Waals surface area contributed by atoms with Crippen LogP contribution in [0.4, 0.5) is 17.6 Å². The minimum absolute atomic E-state index is 0.0446. The summed E-state index contributed by atoms with van der Waals surface area (Å²) in [5, 5.41) is 0. The molecular formula is C25H21F4N5O. The molecule has 2 aliphatic heterocycles. The number of guanidine groups is 1. The van der Waals surface area contributed by atoms with E-state index in [0.29, 0.717) is 16.9 Å². The van der Waals surface area contributed by atoms with Gasteiger partial charge in [-0.3, -0.25) is 9.89 Å². The predicted octanol–water partition coefficient (Wildman–Crippen LogP) is 4.27. The highest BCUT2D eigenvalue weighted by atomic mass is 19.3. The SMILES string of the molecule is COc1ccc(C2(c3ccc(F)c(-c4cccnc4F)c3)N=C(N)N3CC(F)(F)CN=C32)cc1C. The van der Waals surface area contributed by atoms with Gasteiger partial charge in [-0.2, -0.15) is 4.39 Å². The number of aryl methyl sites for hydroxylation is 1. The second kappa shape index (κ2) is 8.07. The maximum absolute atomic E-state index is 14.9. The molecule has 10 heteroatoms. The smallest absolute Gasteiger partial charge is 0.284 e. The van der Waals surface area contributed by atoms with Crippen LogP contribution in [0.5, 0.6) is 5.75 Å². The molecule has 0 radical (unpaired) electrons. The van der Waals surface area contributed by atoms with Crippen LogP contribution in [0.3, 0.4) is 0 Å². The zero-order chi connectivity index (χ0) is 25.0. The Kier molecular flexibility index (Phi) is 5.26. The van der Waals surface area contributed by atoms with Gasteiger partial charge in [-0.15, -0.1) is 0 Å². The third-order valence-electron chi connectivity index (χ3n) is 6.23. The molecule has 0 spiro atoms. The molecule has 1 unspecified atom stereocenters. The Morgan fingerprint density at radius 2 is 1.77 bits per heavy atom. The molecule has 0 saturated carbocycles. The van der Waals surface area contributed by atoms with Crippen LogP contribution in [0.2, 0.25) is 0 Å². The third-order valence-corrected chi connectivity index (χ3v) is 6.23. The Morgan fingerprint density at radius 1 is 1.03 bits per heavy atom. The first-order valence-electron chi connectivity index (χ1n) is 10.8. The molecule has 2 N–H and O–H groups in total. The third kappa shape index (κ3) is 3.60. The topological polar surface area (TPSA) is 76.1 Å². The fourth-order valence-corrected chi connectivity index (χ4v) is 4.61. The molecule has 35 heavy (non-hydrogen) atoms. The summed E-state index contributed by atoms with van der Waals surface area (Å²) in [6.45, 7) is 0.390. The first-order chi connectivity index (χ1) is 16.7. The van der Waals surface area contributed by atoms with Gasteiger partial charge in [-0.25, -0.2) is 23.1 Å². The average Bonchev–Trinajstić information content (AvgIpc) is 3.11. The van der Waals surface area contributed by atoms with Crippen molar-refractivity contribution in [2.24, 2.45) is 15.7 Å². The van der Waals surface area contributed by atoms with Gasteiger partial charge in [-0.05, 0) is 60.0 Å². The van der Waals surface area contributed by atoms with Gasteiger partial charge >= 0.3 is 0 Å². The van der Waals surface area contributed by atoms with E-state index in [0.717, 1.165) is 5.56 Å². The standard InChI is InChI=1S/C25H21F4N5O/c1-14-10-15(6-8-20(14)35-2)25(22-32-12-24(28,29)13-34(22)23(30)33-25)16-5-7-19(26)18(11-16)17-4-3-9-31-21(17)27/h3-11H,12-13H2,1-2H3,(H2,30,33). The molecule has 2 aliphatic rings. The zero-order valence-corrected chi connectivity index (χ0v) is 18.9. The maximum Gasteiger partial charge on any atom is 0.284 e. The molecule has 5 rings (SSSR count). The number of nitrogens with two attached hydrogens (primary N) is 1. The summed E-state index contributed by atoms with van der Waals surface area (Å²) in [7, 11) is 1.53. The number of halogens is 4. The molecule has 0 bridgehead atoms. The minimum Gasteiger partial charge on any atom is -0.496 e. The van der Waals surface area contributed by atoms with Crippen LogP contribution in [-0.4, -0.2) is 47.8 Å². The number of amidine groups is 1. The number of nitrogens with zero attached hydrogens (tertiary/aromatic N) is 4. The molecule has 3 heterocycles. The van der Waals surface area contributed by atoms with Crippen LogP contribution < -0.4 is 10.5 Å². The fourth-order valence-electron chi connectivity index (χ4n) is 4.61. The van der Waals surface area contributed by atoms with E-state index in [1.165, 1.54) is 48.5 Å². The van der Waals surface area contributed by atoms with Gasteiger partial charge in [0.05, 0.1) is 13.7 Å². The molecule has 1 atom stereocenters. The van der Waals surface area contributed by atoms with E-state index >= 15 is 0 Å². The quantitative estimate of drug-likeness (QED) is 0.444. The zero-order valence-electron chi connectivity index (χ0n) is 18.9. The molecule has 3 aromatic rings. The Morgan fingerprint density at radius 3 is 2.49 bits per heavy atom. The number of aliphatic imine (C=N–C) groups is 2. The number of aromatic nitrogens is 1. The fraction of sp³-hybridized carbons (Fsp3) is 0.240. The Balaban J connectivity index is 1.79. The lowest BCUT2D eigenvalue weighted by Gasteiger charge is -2.35. The largest absolute Gasteiger partial charge is 0.496 e. The van der Waals surface area contributed by atoms with E-state index in [1.54, 1.807) is 18.2 Å². The van der Waals surface area contributed by atoms with Crippen LogP contribution in [0.25, 0.3) is 11.1 Å². The molecule has 0 aliphatic carbocycles. The Hall–Kier alpha value is -3.95. The predicted molar refractivity (Wildman–Crippen MR) is 124 cm³/mol. The summed E-state index contributed by atoms with van der Waals surface area (Å²) >= 11 is 0. The molecule has 0 saturated heterocycles. The number of methoxy groups -OCH3 is 1. The molecule has 0 amide bonds. The molecular weight excluding hydrogens is 462 g/mol. The van der Waals surface area contributed by atoms with Crippen molar-refractivity contribution in [1.82, 2.24) is 9.88 Å². The lowest BCUT2D eigenvalue weighted by Crippen LogP contribution is -2.53. The number of alkyl halides is 2. The minimum atomic E-state index is -3.09. The number of pyridine rings is 1. The summed E-state index contributed by atoms with van der Waals surface area (Å²) < 4.78 is 63.2. The van der Waals surface area contributed by atoms with E-state index in [4.69, 9.17) is 10.5 Å². The van der Waals surface area contributed by atoms with Gasteiger partial charge in [0.15, 0.2) is 11.5 Å². The number of hydrogen-bond donors (Lipinski definition) is 1. The first-order valence-corrected chi connectivity index (χ1v) is 10.8. The van der Waals surface area contributed by atoms with Gasteiger partial charge < -0.3 is 10.5 Å². The highest BCUT2D eigenvalue weighted by molar-refractivity contribution is 6.12. The van der Waals surface area contributed by atoms with Crippen molar-refractivity contribution in [3.63, 3.8) is 0 Å². The number of rotatable bonds is 4. The Bertz CT molecular complexity index is 1390. The van der Waals surface area contributed by atoms with Crippen molar-refractivity contribution < 1.29 is 22.3 Å². The van der Waals surface area contributed by atoms with E-state index in [9.17, 15) is 17.6 Å². The van der Waals surface area contributed by atoms with Crippen molar-refractivity contribution in [1.29, 1.82) is 0 Å². The summed E-state index contributed by atoms with van der Waals surface area (Å²) in [6, 6.07) is 12.2. The monoisotopic (exact) mass is 483 g/mol. The first kappa shape index (κ1) is 22.8. The second-order valence-corrected chi connectivity index (χ2v) is 8.48. The Labute approximate surface area is 198 Å². The van der Waals surface area contributed by atoms with Crippen molar-refractivity contribution in [2.75, 3.05) is 20.2 Å². The van der Waals surface area contributed by atoms with Crippen LogP contribution in [0, 0.1) is 18.7 Å². The normalized spacial score (nSPS) is 20.8. The van der Waals surface area contributed by atoms with Gasteiger partial charge in [0.1, 0.15) is 23.9 Å². The van der Waals surface area contributed by atoms with Gasteiger partial charge in [0.2, 0.25) is 5.95 Å². The van der Waals surface area contributed by atoms with Crippen molar-refractivity contribution in [3.05, 3.63) is 83.2 Å². The van der Waals surface area contributed by atoms with Crippen LogP contribution >= 0.6 is 0 Å². The van der Waals surface area contributed by atoms with Crippen molar-refractivity contribution >= 4 is 11.8 Å². The van der Waals surface area contributed by atoms with E-state index in [1.807, 2.05) is 6.92 Å². The highest BCUT2D eigenvalue weighted by Crippen LogP contribution is 2.45. The van der Waals surface area contributed by atoms with Gasteiger partial charge in [0, 0.05) is 17.3 Å². The van der Waals surface area contributed by atoms with Gasteiger partial charge in [0.25, 0.3) is 5.92 Å². The summed E-state index contributed by atoms with van der Waals surface area (Å²) in [4.78, 5) is 13.6. The van der Waals surface area contributed by atoms with E-state index in [2.05, 4.69) is 15.0 Å². The van der Waals surface area contributed by atoms with E-state index < -0.39 is 36.3 Å². The van der Waals surface area contributed by atoms with Crippen LogP contribution in [-0.2, 0) is 5.54 Å². The number of ether oxygens (including phenoxy) is 1. The molecule has 1 aromatic heterocycles. The number of fused-ring (bicyclic) bond motifs is 1. The molecule has 6 nitrogen and oxygen atoms in total.